The van der Waals surface area contributed by atoms with Gasteiger partial charge in [-0.2, -0.15) is 0 Å². The molecule has 0 atom stereocenters. The van der Waals surface area contributed by atoms with E-state index in [0.717, 1.165) is 11.1 Å². The predicted octanol–water partition coefficient (Wildman–Crippen LogP) is 4.09. The summed E-state index contributed by atoms with van der Waals surface area (Å²) in [5.41, 5.74) is 0.897. The molecule has 0 fully saturated rings. The van der Waals surface area contributed by atoms with E-state index in [2.05, 4.69) is 5.32 Å². The number of carbonyl (C=O) groups excluding carboxylic acids is 1. The Morgan fingerprint density at radius 3 is 1.73 bits per heavy atom. The summed E-state index contributed by atoms with van der Waals surface area (Å²) in [5.74, 6) is 0. The van der Waals surface area contributed by atoms with Crippen LogP contribution in [0.2, 0.25) is 0 Å². The standard InChI is InChI=1S/C22H22N2O2/c1-24(21(25)23-20-15-9-4-10-16-20)17-22(26,18-11-5-2-6-12-18)19-13-7-3-8-14-19/h2-16,26H,17H2,1H3,(H,23,25). The van der Waals surface area contributed by atoms with Crippen LogP contribution in [0.1, 0.15) is 11.1 Å². The van der Waals surface area contributed by atoms with Crippen LogP contribution in [0, 0.1) is 0 Å². The Morgan fingerprint density at radius 1 is 0.846 bits per heavy atom. The smallest absolute Gasteiger partial charge is 0.321 e. The van der Waals surface area contributed by atoms with E-state index in [9.17, 15) is 9.90 Å². The van der Waals surface area contributed by atoms with Crippen molar-refractivity contribution in [1.29, 1.82) is 0 Å². The van der Waals surface area contributed by atoms with E-state index in [1.54, 1.807) is 7.05 Å². The third-order valence-electron chi connectivity index (χ3n) is 4.34. The third-order valence-corrected chi connectivity index (χ3v) is 4.34. The number of nitrogens with one attached hydrogen (secondary N) is 1. The van der Waals surface area contributed by atoms with Gasteiger partial charge in [-0.25, -0.2) is 4.79 Å². The van der Waals surface area contributed by atoms with E-state index in [-0.39, 0.29) is 12.6 Å². The first kappa shape index (κ1) is 17.7. The Morgan fingerprint density at radius 2 is 1.27 bits per heavy atom. The molecule has 0 spiro atoms. The summed E-state index contributed by atoms with van der Waals surface area (Å²) in [4.78, 5) is 14.0. The number of aliphatic hydroxyl groups is 1. The Bertz CT molecular complexity index is 796. The highest BCUT2D eigenvalue weighted by Crippen LogP contribution is 2.30. The summed E-state index contributed by atoms with van der Waals surface area (Å²) in [6.07, 6.45) is 0. The second-order valence-electron chi connectivity index (χ2n) is 6.24. The van der Waals surface area contributed by atoms with Gasteiger partial charge in [-0.05, 0) is 23.3 Å². The Kier molecular flexibility index (Phi) is 5.34. The number of carbonyl (C=O) groups is 1. The largest absolute Gasteiger partial charge is 0.379 e. The summed E-state index contributed by atoms with van der Waals surface area (Å²) in [6, 6.07) is 27.8. The number of benzene rings is 3. The lowest BCUT2D eigenvalue weighted by Gasteiger charge is -2.33. The van der Waals surface area contributed by atoms with Crippen LogP contribution < -0.4 is 5.32 Å². The van der Waals surface area contributed by atoms with Crippen LogP contribution in [0.3, 0.4) is 0 Å². The van der Waals surface area contributed by atoms with Crippen molar-refractivity contribution in [3.63, 3.8) is 0 Å². The van der Waals surface area contributed by atoms with Gasteiger partial charge in [0.15, 0.2) is 0 Å². The van der Waals surface area contributed by atoms with E-state index in [4.69, 9.17) is 0 Å². The van der Waals surface area contributed by atoms with Crippen molar-refractivity contribution in [2.75, 3.05) is 18.9 Å². The van der Waals surface area contributed by atoms with Crippen molar-refractivity contribution < 1.29 is 9.90 Å². The van der Waals surface area contributed by atoms with Gasteiger partial charge in [0.05, 0.1) is 6.54 Å². The Labute approximate surface area is 153 Å². The van der Waals surface area contributed by atoms with Crippen molar-refractivity contribution in [2.45, 2.75) is 5.60 Å². The molecule has 0 saturated carbocycles. The lowest BCUT2D eigenvalue weighted by atomic mass is 9.86. The van der Waals surface area contributed by atoms with E-state index >= 15 is 0 Å². The topological polar surface area (TPSA) is 52.6 Å². The van der Waals surface area contributed by atoms with Crippen LogP contribution >= 0.6 is 0 Å². The van der Waals surface area contributed by atoms with Gasteiger partial charge in [-0.15, -0.1) is 0 Å². The van der Waals surface area contributed by atoms with Gasteiger partial charge in [0.2, 0.25) is 0 Å². The van der Waals surface area contributed by atoms with Crippen LogP contribution in [-0.4, -0.2) is 29.6 Å². The minimum Gasteiger partial charge on any atom is -0.379 e. The fraction of sp³-hybridized carbons (Fsp3) is 0.136. The van der Waals surface area contributed by atoms with Gasteiger partial charge in [0.25, 0.3) is 0 Å². The first-order valence-electron chi connectivity index (χ1n) is 8.50. The zero-order valence-electron chi connectivity index (χ0n) is 14.7. The number of rotatable bonds is 5. The molecule has 26 heavy (non-hydrogen) atoms. The molecule has 2 N–H and O–H groups in total. The quantitative estimate of drug-likeness (QED) is 0.731. The fourth-order valence-corrected chi connectivity index (χ4v) is 2.93. The molecular formula is C22H22N2O2. The van der Waals surface area contributed by atoms with Gasteiger partial charge in [0.1, 0.15) is 5.60 Å². The van der Waals surface area contributed by atoms with Gasteiger partial charge in [0, 0.05) is 12.7 Å². The molecule has 0 aliphatic rings. The van der Waals surface area contributed by atoms with Crippen LogP contribution in [0.15, 0.2) is 91.0 Å². The molecule has 3 aromatic carbocycles. The van der Waals surface area contributed by atoms with Crippen molar-refractivity contribution in [3.8, 4) is 0 Å². The monoisotopic (exact) mass is 346 g/mol. The molecule has 0 aliphatic carbocycles. The fourth-order valence-electron chi connectivity index (χ4n) is 2.93. The molecule has 0 aromatic heterocycles. The zero-order chi connectivity index (χ0) is 18.4. The summed E-state index contributed by atoms with van der Waals surface area (Å²) in [6.45, 7) is 0.125. The van der Waals surface area contributed by atoms with E-state index in [0.29, 0.717) is 5.69 Å². The molecule has 4 nitrogen and oxygen atoms in total. The molecule has 2 amide bonds. The van der Waals surface area contributed by atoms with E-state index in [1.807, 2.05) is 91.0 Å². The molecule has 0 heterocycles. The number of urea groups is 1. The second kappa shape index (κ2) is 7.85. The predicted molar refractivity (Wildman–Crippen MR) is 104 cm³/mol. The summed E-state index contributed by atoms with van der Waals surface area (Å²) in [7, 11) is 1.68. The van der Waals surface area contributed by atoms with Gasteiger partial charge in [-0.3, -0.25) is 0 Å². The van der Waals surface area contributed by atoms with Crippen LogP contribution in [0.25, 0.3) is 0 Å². The molecule has 3 rings (SSSR count). The maximum Gasteiger partial charge on any atom is 0.321 e. The van der Waals surface area contributed by atoms with Crippen molar-refractivity contribution in [2.24, 2.45) is 0 Å². The molecule has 0 radical (unpaired) electrons. The minimum absolute atomic E-state index is 0.125. The van der Waals surface area contributed by atoms with Gasteiger partial charge < -0.3 is 15.3 Å². The minimum atomic E-state index is -1.30. The number of hydrogen-bond acceptors (Lipinski definition) is 2. The average molecular weight is 346 g/mol. The SMILES string of the molecule is CN(CC(O)(c1ccccc1)c1ccccc1)C(=O)Nc1ccccc1. The second-order valence-corrected chi connectivity index (χ2v) is 6.24. The highest BCUT2D eigenvalue weighted by atomic mass is 16.3. The number of para-hydroxylation sites is 1. The van der Waals surface area contributed by atoms with Crippen LogP contribution in [0.5, 0.6) is 0 Å². The number of anilines is 1. The van der Waals surface area contributed by atoms with Crippen LogP contribution in [0.4, 0.5) is 10.5 Å². The summed E-state index contributed by atoms with van der Waals surface area (Å²) >= 11 is 0. The van der Waals surface area contributed by atoms with Gasteiger partial charge in [-0.1, -0.05) is 78.9 Å². The van der Waals surface area contributed by atoms with E-state index in [1.165, 1.54) is 4.90 Å². The Balaban J connectivity index is 1.85. The lowest BCUT2D eigenvalue weighted by Crippen LogP contribution is -2.44. The number of amides is 2. The average Bonchev–Trinajstić information content (AvgIpc) is 2.70. The number of nitrogens with zero attached hydrogens (tertiary/aromatic N) is 1. The van der Waals surface area contributed by atoms with Crippen molar-refractivity contribution >= 4 is 11.7 Å². The van der Waals surface area contributed by atoms with Gasteiger partial charge >= 0.3 is 6.03 Å². The molecule has 0 saturated heterocycles. The highest BCUT2D eigenvalue weighted by molar-refractivity contribution is 5.89. The Hall–Kier alpha value is -3.11. The summed E-state index contributed by atoms with van der Waals surface area (Å²) < 4.78 is 0. The maximum absolute atomic E-state index is 12.6. The first-order chi connectivity index (χ1) is 12.6. The third kappa shape index (κ3) is 3.92. The molecule has 0 aliphatic heterocycles. The highest BCUT2D eigenvalue weighted by Gasteiger charge is 2.34. The number of likely N-dealkylation sites (N-methyl/N-ethyl adjacent to an activating group) is 1. The van der Waals surface area contributed by atoms with Crippen LogP contribution in [-0.2, 0) is 5.60 Å². The van der Waals surface area contributed by atoms with Crippen molar-refractivity contribution in [3.05, 3.63) is 102 Å². The molecule has 0 bridgehead atoms. The van der Waals surface area contributed by atoms with Crippen molar-refractivity contribution in [1.82, 2.24) is 4.90 Å². The molecule has 132 valence electrons. The number of hydrogen-bond donors (Lipinski definition) is 2. The van der Waals surface area contributed by atoms with E-state index < -0.39 is 5.60 Å². The first-order valence-corrected chi connectivity index (χ1v) is 8.50. The zero-order valence-corrected chi connectivity index (χ0v) is 14.7. The molecular weight excluding hydrogens is 324 g/mol. The normalized spacial score (nSPS) is 11.0. The molecule has 4 heteroatoms. The molecule has 0 unspecified atom stereocenters. The summed E-state index contributed by atoms with van der Waals surface area (Å²) in [5, 5.41) is 14.4. The molecule has 3 aromatic rings. The lowest BCUT2D eigenvalue weighted by molar-refractivity contribution is 0.0547. The maximum atomic E-state index is 12.6.